The average Bonchev–Trinajstić information content (AvgIpc) is 3.72. The van der Waals surface area contributed by atoms with Crippen LogP contribution in [0.4, 0.5) is 0 Å². The lowest BCUT2D eigenvalue weighted by Crippen LogP contribution is -2.47. The molecule has 0 aliphatic carbocycles. The molecule has 1 saturated heterocycles. The van der Waals surface area contributed by atoms with Gasteiger partial charge >= 0.3 is 0 Å². The van der Waals surface area contributed by atoms with Crippen LogP contribution in [0.3, 0.4) is 0 Å². The maximum atomic E-state index is 13.4. The number of carbonyl (C=O) groups excluding carboxylic acids is 3. The van der Waals surface area contributed by atoms with Gasteiger partial charge in [-0.05, 0) is 50.8 Å². The Labute approximate surface area is 253 Å². The molecule has 2 aromatic heterocycles. The largest absolute Gasteiger partial charge is 0.494 e. The predicted molar refractivity (Wildman–Crippen MR) is 158 cm³/mol. The van der Waals surface area contributed by atoms with Crippen molar-refractivity contribution in [1.82, 2.24) is 34.9 Å². The van der Waals surface area contributed by atoms with Gasteiger partial charge in [0.25, 0.3) is 12.4 Å². The van der Waals surface area contributed by atoms with Crippen LogP contribution in [0.5, 0.6) is 5.75 Å². The molecule has 13 nitrogen and oxygen atoms in total. The topological polar surface area (TPSA) is 160 Å². The molecule has 3 amide bonds. The van der Waals surface area contributed by atoms with E-state index in [4.69, 9.17) is 14.6 Å². The minimum atomic E-state index is -0.283. The summed E-state index contributed by atoms with van der Waals surface area (Å²) in [6.45, 7) is 5.87. The number of hydrogen-bond acceptors (Lipinski definition) is 9. The van der Waals surface area contributed by atoms with E-state index in [1.54, 1.807) is 15.9 Å². The third-order valence-corrected chi connectivity index (χ3v) is 8.42. The van der Waals surface area contributed by atoms with Gasteiger partial charge in [0.05, 0.1) is 29.9 Å². The molecule has 14 heteroatoms. The Morgan fingerprint density at radius 2 is 2.02 bits per heavy atom. The van der Waals surface area contributed by atoms with Crippen LogP contribution in [0.25, 0.3) is 0 Å². The van der Waals surface area contributed by atoms with Crippen molar-refractivity contribution < 1.29 is 29.0 Å². The molecule has 0 spiro atoms. The Morgan fingerprint density at radius 3 is 2.74 bits per heavy atom. The number of nitrogens with one attached hydrogen (secondary N) is 1. The van der Waals surface area contributed by atoms with Gasteiger partial charge in [-0.15, -0.1) is 11.3 Å². The van der Waals surface area contributed by atoms with Crippen LogP contribution in [-0.2, 0) is 20.9 Å². The lowest BCUT2D eigenvalue weighted by Gasteiger charge is -2.25. The first-order valence-corrected chi connectivity index (χ1v) is 15.0. The number of benzene rings is 1. The summed E-state index contributed by atoms with van der Waals surface area (Å²) < 4.78 is 7.75. The first-order chi connectivity index (χ1) is 20.8. The van der Waals surface area contributed by atoms with Crippen LogP contribution in [0.2, 0.25) is 0 Å². The number of aromatic nitrogens is 4. The molecule has 2 atom stereocenters. The van der Waals surface area contributed by atoms with Crippen molar-refractivity contribution in [3.63, 3.8) is 0 Å². The maximum absolute atomic E-state index is 13.4. The van der Waals surface area contributed by atoms with Gasteiger partial charge in [0.2, 0.25) is 11.8 Å². The highest BCUT2D eigenvalue weighted by molar-refractivity contribution is 7.13. The van der Waals surface area contributed by atoms with Crippen molar-refractivity contribution in [2.75, 3.05) is 32.8 Å². The third-order valence-electron chi connectivity index (χ3n) is 7.36. The number of carbonyl (C=O) groups is 4. The van der Waals surface area contributed by atoms with E-state index in [1.165, 1.54) is 17.7 Å². The van der Waals surface area contributed by atoms with Gasteiger partial charge in [0, 0.05) is 38.5 Å². The first kappa shape index (κ1) is 31.6. The SMILES string of the molecule is Cc1nc(C)c(C(=O)N2CCCCOc3cccc(c3)[C@H]3CN(C(=O)CCCn4cncn4)C[C@@H]3NC(=O)C2)s1.O=CO. The van der Waals surface area contributed by atoms with Crippen LogP contribution in [-0.4, -0.2) is 97.7 Å². The number of aryl methyl sites for hydroxylation is 3. The molecule has 2 N–H and O–H groups in total. The number of ether oxygens (including phenoxy) is 1. The van der Waals surface area contributed by atoms with E-state index in [0.717, 1.165) is 22.7 Å². The number of nitrogens with zero attached hydrogens (tertiary/aromatic N) is 6. The van der Waals surface area contributed by atoms with Gasteiger partial charge in [-0.3, -0.25) is 23.9 Å². The highest BCUT2D eigenvalue weighted by Crippen LogP contribution is 2.31. The summed E-state index contributed by atoms with van der Waals surface area (Å²) in [4.78, 5) is 60.7. The Balaban J connectivity index is 0.00000135. The number of amides is 3. The number of thiazole rings is 1. The minimum absolute atomic E-state index is 0.0417. The third kappa shape index (κ3) is 8.60. The molecule has 0 unspecified atom stereocenters. The standard InChI is InChI=1S/C28H35N7O4S.CH2O2/c1-19-27(40-20(2)31-19)28(38)33-10-3-4-12-39-22-8-5-7-21(13-22)23-14-34(15-24(23)32-25(36)16-33)26(37)9-6-11-35-18-29-17-30-35;2-1-3/h5,7-8,13,17-18,23-24H,3-4,6,9-12,14-16H2,1-2H3,(H,32,36);1H,(H,2,3)/t23-,24+;/m1./s1. The first-order valence-electron chi connectivity index (χ1n) is 14.2. The molecule has 1 fully saturated rings. The number of carboxylic acid groups (broad SMARTS) is 1. The van der Waals surface area contributed by atoms with E-state index in [2.05, 4.69) is 20.4 Å². The molecule has 3 aromatic rings. The lowest BCUT2D eigenvalue weighted by molar-refractivity contribution is -0.130. The summed E-state index contributed by atoms with van der Waals surface area (Å²) in [5.41, 5.74) is 1.70. The number of rotatable bonds is 5. The Morgan fingerprint density at radius 1 is 1.21 bits per heavy atom. The van der Waals surface area contributed by atoms with Crippen molar-refractivity contribution in [3.8, 4) is 5.75 Å². The summed E-state index contributed by atoms with van der Waals surface area (Å²) in [6, 6.07) is 7.63. The van der Waals surface area contributed by atoms with Crippen molar-refractivity contribution in [2.45, 2.75) is 58.0 Å². The highest BCUT2D eigenvalue weighted by atomic mass is 32.1. The van der Waals surface area contributed by atoms with E-state index in [1.807, 2.05) is 43.0 Å². The number of likely N-dealkylation sites (tertiary alicyclic amines) is 1. The Hall–Kier alpha value is -4.33. The zero-order valence-corrected chi connectivity index (χ0v) is 25.2. The maximum Gasteiger partial charge on any atom is 0.290 e. The second kappa shape index (κ2) is 15.2. The molecule has 2 bridgehead atoms. The van der Waals surface area contributed by atoms with Crippen molar-refractivity contribution in [1.29, 1.82) is 0 Å². The van der Waals surface area contributed by atoms with E-state index in [-0.39, 0.29) is 42.7 Å². The second-order valence-electron chi connectivity index (χ2n) is 10.4. The minimum Gasteiger partial charge on any atom is -0.494 e. The fourth-order valence-corrected chi connectivity index (χ4v) is 6.26. The second-order valence-corrected chi connectivity index (χ2v) is 11.7. The highest BCUT2D eigenvalue weighted by Gasteiger charge is 2.37. The predicted octanol–water partition coefficient (Wildman–Crippen LogP) is 2.26. The van der Waals surface area contributed by atoms with Crippen molar-refractivity contribution in [2.24, 2.45) is 0 Å². The summed E-state index contributed by atoms with van der Waals surface area (Å²) in [5, 5.41) is 15.0. The van der Waals surface area contributed by atoms with E-state index in [9.17, 15) is 14.4 Å². The molecule has 2 aliphatic heterocycles. The van der Waals surface area contributed by atoms with Crippen LogP contribution in [0, 0.1) is 13.8 Å². The molecular weight excluding hydrogens is 574 g/mol. The molecule has 4 heterocycles. The van der Waals surface area contributed by atoms with Gasteiger partial charge in [0.1, 0.15) is 23.3 Å². The van der Waals surface area contributed by atoms with Crippen LogP contribution >= 0.6 is 11.3 Å². The molecule has 5 rings (SSSR count). The van der Waals surface area contributed by atoms with Crippen LogP contribution < -0.4 is 10.1 Å². The van der Waals surface area contributed by atoms with Gasteiger partial charge in [-0.25, -0.2) is 9.97 Å². The van der Waals surface area contributed by atoms with Crippen molar-refractivity contribution in [3.05, 3.63) is 58.1 Å². The number of fused-ring (bicyclic) bond motifs is 4. The fourth-order valence-electron chi connectivity index (χ4n) is 5.37. The summed E-state index contributed by atoms with van der Waals surface area (Å²) in [6.07, 6.45) is 5.61. The monoisotopic (exact) mass is 611 g/mol. The molecule has 0 saturated carbocycles. The van der Waals surface area contributed by atoms with Gasteiger partial charge in [-0.2, -0.15) is 5.10 Å². The molecular formula is C29H37N7O6S. The van der Waals surface area contributed by atoms with Crippen LogP contribution in [0.15, 0.2) is 36.9 Å². The van der Waals surface area contributed by atoms with Crippen LogP contribution in [0.1, 0.15) is 57.5 Å². The average molecular weight is 612 g/mol. The zero-order chi connectivity index (χ0) is 30.8. The van der Waals surface area contributed by atoms with Gasteiger partial charge < -0.3 is 25.0 Å². The van der Waals surface area contributed by atoms with Crippen molar-refractivity contribution >= 4 is 35.5 Å². The van der Waals surface area contributed by atoms with E-state index >= 15 is 0 Å². The van der Waals surface area contributed by atoms with Gasteiger partial charge in [-0.1, -0.05) is 12.1 Å². The summed E-state index contributed by atoms with van der Waals surface area (Å²) >= 11 is 1.35. The molecule has 2 aliphatic rings. The Kier molecular flexibility index (Phi) is 11.2. The summed E-state index contributed by atoms with van der Waals surface area (Å²) in [5.74, 6) is 0.307. The smallest absolute Gasteiger partial charge is 0.290 e. The molecule has 230 valence electrons. The quantitative estimate of drug-likeness (QED) is 0.413. The molecule has 1 aromatic carbocycles. The lowest BCUT2D eigenvalue weighted by atomic mass is 9.94. The number of hydrogen-bond donors (Lipinski definition) is 2. The Bertz CT molecular complexity index is 1400. The fraction of sp³-hybridized carbons (Fsp3) is 0.483. The molecule has 0 radical (unpaired) electrons. The van der Waals surface area contributed by atoms with E-state index in [0.29, 0.717) is 62.6 Å². The zero-order valence-electron chi connectivity index (χ0n) is 24.3. The summed E-state index contributed by atoms with van der Waals surface area (Å²) in [7, 11) is 0. The molecule has 43 heavy (non-hydrogen) atoms. The normalized spacial score (nSPS) is 18.8. The van der Waals surface area contributed by atoms with E-state index < -0.39 is 0 Å². The van der Waals surface area contributed by atoms with Gasteiger partial charge in [0.15, 0.2) is 0 Å².